The zero-order valence-corrected chi connectivity index (χ0v) is 12.8. The maximum absolute atomic E-state index is 11.1. The molecule has 126 valence electrons. The minimum Gasteiger partial charge on any atom is -0.508 e. The molecule has 2 aromatic carbocycles. The maximum Gasteiger partial charge on any atom is 0.376 e. The van der Waals surface area contributed by atoms with E-state index in [1.165, 1.54) is 12.1 Å². The molecule has 0 unspecified atom stereocenters. The molecule has 0 heterocycles. The molecular formula is C18H13NO6. The minimum atomic E-state index is -1.71. The largest absolute Gasteiger partial charge is 0.508 e. The number of aliphatic hydroxyl groups excluding tert-OH is 1. The van der Waals surface area contributed by atoms with Crippen LogP contribution in [0.2, 0.25) is 0 Å². The second-order valence-corrected chi connectivity index (χ2v) is 4.97. The number of phenolic OH excluding ortho intramolecular Hbond substituents is 1. The summed E-state index contributed by atoms with van der Waals surface area (Å²) in [6.45, 7) is 0.0468. The van der Waals surface area contributed by atoms with E-state index in [4.69, 9.17) is 15.1 Å². The number of ketones is 1. The predicted molar refractivity (Wildman–Crippen MR) is 86.8 cm³/mol. The number of nitriles is 1. The molecule has 2 rings (SSSR count). The van der Waals surface area contributed by atoms with Crippen molar-refractivity contribution in [3.8, 4) is 17.6 Å². The van der Waals surface area contributed by atoms with E-state index >= 15 is 0 Å². The highest BCUT2D eigenvalue weighted by Crippen LogP contribution is 2.26. The Balaban J connectivity index is 2.23. The zero-order chi connectivity index (χ0) is 18.4. The Kier molecular flexibility index (Phi) is 5.38. The first-order valence-electron chi connectivity index (χ1n) is 7.04. The van der Waals surface area contributed by atoms with E-state index in [0.29, 0.717) is 17.2 Å². The molecule has 0 saturated carbocycles. The molecule has 7 nitrogen and oxygen atoms in total. The van der Waals surface area contributed by atoms with Gasteiger partial charge in [-0.05, 0) is 18.2 Å². The van der Waals surface area contributed by atoms with Crippen LogP contribution < -0.4 is 4.74 Å². The van der Waals surface area contributed by atoms with E-state index in [-0.39, 0.29) is 23.7 Å². The fourth-order valence-electron chi connectivity index (χ4n) is 2.00. The predicted octanol–water partition coefficient (Wildman–Crippen LogP) is 2.40. The molecule has 0 aliphatic carbocycles. The molecule has 25 heavy (non-hydrogen) atoms. The minimum absolute atomic E-state index is 0.0122. The molecule has 2 aromatic rings. The van der Waals surface area contributed by atoms with Crippen LogP contribution in [0.15, 0.2) is 48.5 Å². The highest BCUT2D eigenvalue weighted by Gasteiger charge is 2.12. The van der Waals surface area contributed by atoms with Crippen LogP contribution in [0.25, 0.3) is 5.76 Å². The van der Waals surface area contributed by atoms with Crippen LogP contribution in [0.3, 0.4) is 0 Å². The molecule has 0 aromatic heterocycles. The number of benzene rings is 2. The standard InChI is InChI=1S/C18H13NO6/c19-9-11-3-1-2-4-12(11)10-25-15-6-13(5-14(20)7-15)16(21)8-17(22)18(23)24/h1-8,20-21H,10H2,(H,23,24). The Bertz CT molecular complexity index is 895. The number of carbonyl (C=O) groups is 2. The molecule has 0 fully saturated rings. The monoisotopic (exact) mass is 339 g/mol. The van der Waals surface area contributed by atoms with Crippen LogP contribution in [0, 0.1) is 11.3 Å². The first kappa shape index (κ1) is 17.6. The van der Waals surface area contributed by atoms with Crippen LogP contribution in [-0.4, -0.2) is 27.1 Å². The number of phenols is 1. The average molecular weight is 339 g/mol. The Labute approximate surface area is 142 Å². The van der Waals surface area contributed by atoms with Crippen molar-refractivity contribution in [2.24, 2.45) is 0 Å². The quantitative estimate of drug-likeness (QED) is 0.419. The number of hydrogen-bond donors (Lipinski definition) is 3. The van der Waals surface area contributed by atoms with Crippen LogP contribution in [0.4, 0.5) is 0 Å². The number of ether oxygens (including phenoxy) is 1. The van der Waals surface area contributed by atoms with Crippen molar-refractivity contribution in [2.45, 2.75) is 6.61 Å². The van der Waals surface area contributed by atoms with Gasteiger partial charge in [0.05, 0.1) is 11.6 Å². The number of aromatic hydroxyl groups is 1. The van der Waals surface area contributed by atoms with Crippen LogP contribution in [0.1, 0.15) is 16.7 Å². The van der Waals surface area contributed by atoms with Gasteiger partial charge in [-0.3, -0.25) is 4.79 Å². The highest BCUT2D eigenvalue weighted by molar-refractivity contribution is 6.38. The highest BCUT2D eigenvalue weighted by atomic mass is 16.5. The molecule has 0 radical (unpaired) electrons. The van der Waals surface area contributed by atoms with E-state index in [1.54, 1.807) is 24.3 Å². The van der Waals surface area contributed by atoms with Crippen molar-refractivity contribution < 1.29 is 29.6 Å². The third-order valence-corrected chi connectivity index (χ3v) is 3.20. The summed E-state index contributed by atoms with van der Waals surface area (Å²) in [7, 11) is 0. The Morgan fingerprint density at radius 3 is 2.56 bits per heavy atom. The fraction of sp³-hybridized carbons (Fsp3) is 0.0556. The second kappa shape index (κ2) is 7.66. The van der Waals surface area contributed by atoms with Gasteiger partial charge in [0, 0.05) is 23.3 Å². The molecule has 0 saturated heterocycles. The SMILES string of the molecule is N#Cc1ccccc1COc1cc(O)cc(C(O)=CC(=O)C(=O)O)c1. The van der Waals surface area contributed by atoms with Crippen LogP contribution in [-0.2, 0) is 16.2 Å². The number of carboxylic acids is 1. The molecule has 0 amide bonds. The first-order chi connectivity index (χ1) is 11.9. The summed E-state index contributed by atoms with van der Waals surface area (Å²) in [5.74, 6) is -3.71. The lowest BCUT2D eigenvalue weighted by molar-refractivity contribution is -0.146. The van der Waals surface area contributed by atoms with E-state index < -0.39 is 17.5 Å². The summed E-state index contributed by atoms with van der Waals surface area (Å²) in [5, 5.41) is 37.1. The van der Waals surface area contributed by atoms with Gasteiger partial charge in [0.25, 0.3) is 5.78 Å². The first-order valence-corrected chi connectivity index (χ1v) is 7.04. The lowest BCUT2D eigenvalue weighted by Gasteiger charge is -2.10. The van der Waals surface area contributed by atoms with E-state index in [1.807, 2.05) is 6.07 Å². The van der Waals surface area contributed by atoms with Crippen LogP contribution in [0.5, 0.6) is 11.5 Å². The molecule has 0 aliphatic rings. The number of aliphatic carboxylic acids is 1. The number of rotatable bonds is 6. The topological polar surface area (TPSA) is 128 Å². The molecule has 3 N–H and O–H groups in total. The number of aliphatic hydroxyl groups is 1. The third-order valence-electron chi connectivity index (χ3n) is 3.20. The Hall–Kier alpha value is -3.79. The van der Waals surface area contributed by atoms with Crippen LogP contribution >= 0.6 is 0 Å². The summed E-state index contributed by atoms with van der Waals surface area (Å²) in [4.78, 5) is 21.6. The van der Waals surface area contributed by atoms with Gasteiger partial charge in [-0.15, -0.1) is 0 Å². The summed E-state index contributed by atoms with van der Waals surface area (Å²) in [5.41, 5.74) is 1.09. The number of carboxylic acid groups (broad SMARTS) is 1. The molecule has 0 aliphatic heterocycles. The zero-order valence-electron chi connectivity index (χ0n) is 12.8. The van der Waals surface area contributed by atoms with Gasteiger partial charge in [0.1, 0.15) is 23.9 Å². The summed E-state index contributed by atoms with van der Waals surface area (Å²) >= 11 is 0. The van der Waals surface area contributed by atoms with Gasteiger partial charge >= 0.3 is 5.97 Å². The summed E-state index contributed by atoms with van der Waals surface area (Å²) in [6, 6.07) is 12.6. The maximum atomic E-state index is 11.1. The summed E-state index contributed by atoms with van der Waals surface area (Å²) in [6.07, 6.45) is 0.534. The van der Waals surface area contributed by atoms with Crippen molar-refractivity contribution in [3.05, 3.63) is 65.2 Å². The normalized spacial score (nSPS) is 10.8. The second-order valence-electron chi connectivity index (χ2n) is 4.97. The van der Waals surface area contributed by atoms with Crippen molar-refractivity contribution in [2.75, 3.05) is 0 Å². The third kappa shape index (κ3) is 4.59. The lowest BCUT2D eigenvalue weighted by Crippen LogP contribution is -2.09. The lowest BCUT2D eigenvalue weighted by atomic mass is 10.1. The van der Waals surface area contributed by atoms with Crippen molar-refractivity contribution in [1.29, 1.82) is 5.26 Å². The van der Waals surface area contributed by atoms with Crippen molar-refractivity contribution in [1.82, 2.24) is 0 Å². The van der Waals surface area contributed by atoms with Gasteiger partial charge in [0.15, 0.2) is 0 Å². The van der Waals surface area contributed by atoms with Gasteiger partial charge < -0.3 is 20.1 Å². The fourth-order valence-corrected chi connectivity index (χ4v) is 2.00. The van der Waals surface area contributed by atoms with Gasteiger partial charge in [0.2, 0.25) is 0 Å². The van der Waals surface area contributed by atoms with Crippen molar-refractivity contribution in [3.63, 3.8) is 0 Å². The number of carbonyl (C=O) groups excluding carboxylic acids is 1. The van der Waals surface area contributed by atoms with Gasteiger partial charge in [-0.1, -0.05) is 18.2 Å². The van der Waals surface area contributed by atoms with Crippen molar-refractivity contribution >= 4 is 17.5 Å². The smallest absolute Gasteiger partial charge is 0.376 e. The van der Waals surface area contributed by atoms with E-state index in [0.717, 1.165) is 6.07 Å². The summed E-state index contributed by atoms with van der Waals surface area (Å²) < 4.78 is 5.51. The van der Waals surface area contributed by atoms with E-state index in [9.17, 15) is 19.8 Å². The molecule has 0 bridgehead atoms. The Morgan fingerprint density at radius 1 is 1.16 bits per heavy atom. The van der Waals surface area contributed by atoms with E-state index in [2.05, 4.69) is 0 Å². The molecule has 0 atom stereocenters. The average Bonchev–Trinajstić information content (AvgIpc) is 2.59. The van der Waals surface area contributed by atoms with Gasteiger partial charge in [-0.2, -0.15) is 5.26 Å². The van der Waals surface area contributed by atoms with Gasteiger partial charge in [-0.25, -0.2) is 4.79 Å². The number of nitrogens with zero attached hydrogens (tertiary/aromatic N) is 1. The molecule has 7 heteroatoms. The Morgan fingerprint density at radius 2 is 1.88 bits per heavy atom. The molecule has 0 spiro atoms. The number of hydrogen-bond acceptors (Lipinski definition) is 6. The molecular weight excluding hydrogens is 326 g/mol.